The summed E-state index contributed by atoms with van der Waals surface area (Å²) in [6, 6.07) is 22.5. The predicted molar refractivity (Wildman–Crippen MR) is 132 cm³/mol. The zero-order valence-electron chi connectivity index (χ0n) is 17.2. The second kappa shape index (κ2) is 9.46. The highest BCUT2D eigenvalue weighted by atomic mass is 79.9. The Labute approximate surface area is 199 Å². The van der Waals surface area contributed by atoms with E-state index >= 15 is 0 Å². The smallest absolute Gasteiger partial charge is 0.270 e. The van der Waals surface area contributed by atoms with Gasteiger partial charge in [0.25, 0.3) is 11.8 Å². The van der Waals surface area contributed by atoms with Crippen LogP contribution in [0.3, 0.4) is 0 Å². The summed E-state index contributed by atoms with van der Waals surface area (Å²) in [5.74, 6) is -0.330. The predicted octanol–water partition coefficient (Wildman–Crippen LogP) is 5.17. The Morgan fingerprint density at radius 2 is 1.81 bits per heavy atom. The van der Waals surface area contributed by atoms with Crippen molar-refractivity contribution in [2.75, 3.05) is 4.90 Å². The van der Waals surface area contributed by atoms with E-state index in [-0.39, 0.29) is 10.7 Å². The van der Waals surface area contributed by atoms with E-state index in [9.17, 15) is 9.59 Å². The molecule has 1 aliphatic heterocycles. The molecule has 1 saturated heterocycles. The summed E-state index contributed by atoms with van der Waals surface area (Å²) >= 11 is 8.74. The number of hydrogen-bond donors (Lipinski definition) is 1. The number of rotatable bonds is 5. The lowest BCUT2D eigenvalue weighted by atomic mass is 10.1. The highest BCUT2D eigenvalue weighted by Gasteiger charge is 2.34. The fraction of sp³-hybridized carbons (Fsp3) is 0.0800. The molecule has 5 nitrogen and oxygen atoms in total. The quantitative estimate of drug-likeness (QED) is 0.294. The number of nitrogens with zero attached hydrogens (tertiary/aromatic N) is 1. The van der Waals surface area contributed by atoms with Crippen molar-refractivity contribution in [3.63, 3.8) is 0 Å². The molecule has 1 aliphatic rings. The average Bonchev–Trinajstić information content (AvgIpc) is 2.77. The van der Waals surface area contributed by atoms with Gasteiger partial charge in [0.1, 0.15) is 17.9 Å². The molecule has 0 bridgehead atoms. The minimum absolute atomic E-state index is 0.00258. The molecule has 1 N–H and O–H groups in total. The van der Waals surface area contributed by atoms with Crippen molar-refractivity contribution in [2.24, 2.45) is 0 Å². The van der Waals surface area contributed by atoms with Gasteiger partial charge in [-0.3, -0.25) is 19.8 Å². The number of carbonyl (C=O) groups is 2. The number of amides is 2. The van der Waals surface area contributed by atoms with Gasteiger partial charge in [-0.2, -0.15) is 0 Å². The van der Waals surface area contributed by atoms with Gasteiger partial charge in [0, 0.05) is 0 Å². The third-order valence-corrected chi connectivity index (χ3v) is 5.76. The molecule has 3 aromatic carbocycles. The Bertz CT molecular complexity index is 1240. The molecule has 0 unspecified atom stereocenters. The molecule has 0 radical (unpaired) electrons. The van der Waals surface area contributed by atoms with Crippen LogP contribution in [0.2, 0.25) is 0 Å². The SMILES string of the molecule is Cc1cccc(COc2ccc(/C=C3/C(=O)NC(=S)N(c4ccccc4)C3=O)cc2Br)c1. The first kappa shape index (κ1) is 21.9. The number of halogens is 1. The Morgan fingerprint density at radius 1 is 1.03 bits per heavy atom. The standard InChI is InChI=1S/C25H19BrN2O3S/c1-16-6-5-7-18(12-16)15-31-22-11-10-17(14-21(22)26)13-20-23(29)27-25(32)28(24(20)30)19-8-3-2-4-9-19/h2-14H,15H2,1H3,(H,27,29,32)/b20-13-. The van der Waals surface area contributed by atoms with Crippen LogP contribution in [-0.2, 0) is 16.2 Å². The number of ether oxygens (including phenoxy) is 1. The van der Waals surface area contributed by atoms with Crippen molar-refractivity contribution in [2.45, 2.75) is 13.5 Å². The van der Waals surface area contributed by atoms with Gasteiger partial charge in [-0.05, 0) is 76.5 Å². The summed E-state index contributed by atoms with van der Waals surface area (Å²) < 4.78 is 6.64. The number of benzene rings is 3. The largest absolute Gasteiger partial charge is 0.488 e. The molecule has 1 heterocycles. The van der Waals surface area contributed by atoms with E-state index in [1.54, 1.807) is 48.5 Å². The first-order valence-electron chi connectivity index (χ1n) is 9.87. The summed E-state index contributed by atoms with van der Waals surface area (Å²) in [6.45, 7) is 2.47. The zero-order chi connectivity index (χ0) is 22.7. The molecule has 160 valence electrons. The van der Waals surface area contributed by atoms with E-state index in [1.165, 1.54) is 10.5 Å². The number of carbonyl (C=O) groups excluding carboxylic acids is 2. The van der Waals surface area contributed by atoms with Gasteiger partial charge in [0.2, 0.25) is 0 Å². The van der Waals surface area contributed by atoms with E-state index in [4.69, 9.17) is 17.0 Å². The highest BCUT2D eigenvalue weighted by Crippen LogP contribution is 2.29. The maximum Gasteiger partial charge on any atom is 0.270 e. The Hall–Kier alpha value is -3.29. The van der Waals surface area contributed by atoms with Crippen molar-refractivity contribution < 1.29 is 14.3 Å². The summed E-state index contributed by atoms with van der Waals surface area (Å²) in [4.78, 5) is 26.9. The lowest BCUT2D eigenvalue weighted by molar-refractivity contribution is -0.122. The van der Waals surface area contributed by atoms with Gasteiger partial charge in [-0.15, -0.1) is 0 Å². The Balaban J connectivity index is 1.56. The van der Waals surface area contributed by atoms with Gasteiger partial charge in [0.05, 0.1) is 10.2 Å². The number of anilines is 1. The first-order valence-corrected chi connectivity index (χ1v) is 11.1. The molecule has 3 aromatic rings. The molecule has 32 heavy (non-hydrogen) atoms. The van der Waals surface area contributed by atoms with E-state index < -0.39 is 11.8 Å². The van der Waals surface area contributed by atoms with Crippen LogP contribution in [0.5, 0.6) is 5.75 Å². The third-order valence-electron chi connectivity index (χ3n) is 4.86. The summed E-state index contributed by atoms with van der Waals surface area (Å²) in [5, 5.41) is 2.65. The molecule has 0 aliphatic carbocycles. The van der Waals surface area contributed by atoms with Crippen LogP contribution in [0.15, 0.2) is 82.8 Å². The fourth-order valence-electron chi connectivity index (χ4n) is 3.32. The van der Waals surface area contributed by atoms with Gasteiger partial charge in [0.15, 0.2) is 5.11 Å². The van der Waals surface area contributed by atoms with Crippen molar-refractivity contribution in [3.8, 4) is 5.75 Å². The number of hydrogen-bond acceptors (Lipinski definition) is 4. The second-order valence-electron chi connectivity index (χ2n) is 7.26. The number of nitrogens with one attached hydrogen (secondary N) is 1. The third kappa shape index (κ3) is 4.79. The zero-order valence-corrected chi connectivity index (χ0v) is 19.6. The van der Waals surface area contributed by atoms with Crippen molar-refractivity contribution in [1.29, 1.82) is 0 Å². The molecule has 0 saturated carbocycles. The lowest BCUT2D eigenvalue weighted by Gasteiger charge is -2.28. The van der Waals surface area contributed by atoms with Crippen molar-refractivity contribution >= 4 is 56.8 Å². The minimum atomic E-state index is -0.525. The molecule has 4 rings (SSSR count). The number of para-hydroxylation sites is 1. The van der Waals surface area contributed by atoms with Crippen LogP contribution >= 0.6 is 28.1 Å². The van der Waals surface area contributed by atoms with Crippen molar-refractivity contribution in [1.82, 2.24) is 5.32 Å². The molecule has 0 aromatic heterocycles. The van der Waals surface area contributed by atoms with Crippen LogP contribution < -0.4 is 15.0 Å². The van der Waals surface area contributed by atoms with Crippen molar-refractivity contribution in [3.05, 3.63) is 99.5 Å². The summed E-state index contributed by atoms with van der Waals surface area (Å²) in [5.41, 5.74) is 3.52. The highest BCUT2D eigenvalue weighted by molar-refractivity contribution is 9.10. The normalized spacial score (nSPS) is 15.1. The monoisotopic (exact) mass is 506 g/mol. The van der Waals surface area contributed by atoms with Gasteiger partial charge >= 0.3 is 0 Å². The van der Waals surface area contributed by atoms with E-state index in [0.717, 1.165) is 10.0 Å². The van der Waals surface area contributed by atoms with Crippen LogP contribution in [0.4, 0.5) is 5.69 Å². The Kier molecular flexibility index (Phi) is 6.48. The first-order chi connectivity index (χ1) is 15.4. The van der Waals surface area contributed by atoms with Crippen LogP contribution in [0, 0.1) is 6.92 Å². The number of aryl methyl sites for hydroxylation is 1. The average molecular weight is 507 g/mol. The minimum Gasteiger partial charge on any atom is -0.488 e. The molecule has 2 amide bonds. The topological polar surface area (TPSA) is 58.6 Å². The molecule has 1 fully saturated rings. The molecular weight excluding hydrogens is 488 g/mol. The Morgan fingerprint density at radius 3 is 2.53 bits per heavy atom. The maximum atomic E-state index is 13.1. The summed E-state index contributed by atoms with van der Waals surface area (Å²) in [7, 11) is 0. The molecular formula is C25H19BrN2O3S. The van der Waals surface area contributed by atoms with E-state index in [1.807, 2.05) is 31.2 Å². The maximum absolute atomic E-state index is 13.1. The lowest BCUT2D eigenvalue weighted by Crippen LogP contribution is -2.54. The molecule has 0 spiro atoms. The fourth-order valence-corrected chi connectivity index (χ4v) is 4.11. The van der Waals surface area contributed by atoms with Gasteiger partial charge < -0.3 is 4.74 Å². The van der Waals surface area contributed by atoms with Crippen LogP contribution in [0.25, 0.3) is 6.08 Å². The second-order valence-corrected chi connectivity index (χ2v) is 8.50. The van der Waals surface area contributed by atoms with E-state index in [0.29, 0.717) is 23.6 Å². The molecule has 0 atom stereocenters. The van der Waals surface area contributed by atoms with Crippen LogP contribution in [0.1, 0.15) is 16.7 Å². The van der Waals surface area contributed by atoms with Gasteiger partial charge in [-0.25, -0.2) is 0 Å². The summed E-state index contributed by atoms with van der Waals surface area (Å²) in [6.07, 6.45) is 1.55. The molecule has 7 heteroatoms. The van der Waals surface area contributed by atoms with Gasteiger partial charge in [-0.1, -0.05) is 54.1 Å². The number of thiocarbonyl (C=S) groups is 1. The van der Waals surface area contributed by atoms with E-state index in [2.05, 4.69) is 27.3 Å². The van der Waals surface area contributed by atoms with Crippen LogP contribution in [-0.4, -0.2) is 16.9 Å².